The highest BCUT2D eigenvalue weighted by atomic mass is 16.3. The molecule has 0 spiro atoms. The third kappa shape index (κ3) is 2.29. The maximum Gasteiger partial charge on any atom is 0.138 e. The molecule has 0 heterocycles. The number of rotatable bonds is 3. The molecule has 0 bridgehead atoms. The lowest BCUT2D eigenvalue weighted by molar-refractivity contribution is -0.132. The van der Waals surface area contributed by atoms with Gasteiger partial charge in [-0.3, -0.25) is 4.79 Å². The summed E-state index contributed by atoms with van der Waals surface area (Å²) in [7, 11) is 0. The summed E-state index contributed by atoms with van der Waals surface area (Å²) in [6, 6.07) is 0. The van der Waals surface area contributed by atoms with Crippen LogP contribution in [0.15, 0.2) is 0 Å². The van der Waals surface area contributed by atoms with Gasteiger partial charge in [0.15, 0.2) is 0 Å². The molecule has 0 radical (unpaired) electrons. The normalized spacial score (nSPS) is 15.2. The molecule has 66 valence electrons. The first-order valence-electron chi connectivity index (χ1n) is 3.99. The summed E-state index contributed by atoms with van der Waals surface area (Å²) >= 11 is 0. The van der Waals surface area contributed by atoms with Gasteiger partial charge in [0, 0.05) is 5.41 Å². The van der Waals surface area contributed by atoms with Crippen molar-refractivity contribution in [2.24, 2.45) is 11.3 Å². The predicted molar refractivity (Wildman–Crippen MR) is 45.3 cm³/mol. The second-order valence-electron chi connectivity index (χ2n) is 3.97. The van der Waals surface area contributed by atoms with E-state index in [1.54, 1.807) is 13.8 Å². The highest BCUT2D eigenvalue weighted by Gasteiger charge is 2.34. The molecule has 0 saturated carbocycles. The fourth-order valence-corrected chi connectivity index (χ4v) is 1.04. The lowest BCUT2D eigenvalue weighted by Crippen LogP contribution is -2.39. The van der Waals surface area contributed by atoms with E-state index in [0.29, 0.717) is 0 Å². The first kappa shape index (κ1) is 10.6. The van der Waals surface area contributed by atoms with Crippen molar-refractivity contribution in [1.82, 2.24) is 0 Å². The van der Waals surface area contributed by atoms with Gasteiger partial charge in [0.2, 0.25) is 0 Å². The highest BCUT2D eigenvalue weighted by molar-refractivity contribution is 5.82. The summed E-state index contributed by atoms with van der Waals surface area (Å²) < 4.78 is 0. The van der Waals surface area contributed by atoms with Gasteiger partial charge in [0.05, 0.1) is 6.10 Å². The van der Waals surface area contributed by atoms with Gasteiger partial charge in [-0.25, -0.2) is 0 Å². The first-order chi connectivity index (χ1) is 4.80. The zero-order chi connectivity index (χ0) is 9.23. The predicted octanol–water partition coefficient (Wildman–Crippen LogP) is 1.62. The Morgan fingerprint density at radius 1 is 1.36 bits per heavy atom. The van der Waals surface area contributed by atoms with E-state index in [-0.39, 0.29) is 11.7 Å². The molecular weight excluding hydrogens is 140 g/mol. The van der Waals surface area contributed by atoms with Crippen LogP contribution < -0.4 is 0 Å². The number of ketones is 1. The van der Waals surface area contributed by atoms with E-state index < -0.39 is 11.5 Å². The van der Waals surface area contributed by atoms with Crippen LogP contribution in [0, 0.1) is 11.3 Å². The largest absolute Gasteiger partial charge is 0.392 e. The quantitative estimate of drug-likeness (QED) is 0.677. The molecule has 2 nitrogen and oxygen atoms in total. The maximum atomic E-state index is 11.1. The average Bonchev–Trinajstić information content (AvgIpc) is 1.85. The number of aliphatic hydroxyl groups is 1. The molecule has 0 aromatic carbocycles. The lowest BCUT2D eigenvalue weighted by Gasteiger charge is -2.30. The minimum atomic E-state index is -0.603. The molecule has 0 rings (SSSR count). The summed E-state index contributed by atoms with van der Waals surface area (Å²) in [6.45, 7) is 8.90. The molecule has 1 unspecified atom stereocenters. The highest BCUT2D eigenvalue weighted by Crippen LogP contribution is 2.26. The Morgan fingerprint density at radius 2 is 1.73 bits per heavy atom. The van der Waals surface area contributed by atoms with Crippen LogP contribution in [-0.2, 0) is 4.79 Å². The summed E-state index contributed by atoms with van der Waals surface area (Å²) in [5, 5.41) is 9.60. The van der Waals surface area contributed by atoms with Gasteiger partial charge >= 0.3 is 0 Å². The van der Waals surface area contributed by atoms with Crippen molar-refractivity contribution < 1.29 is 9.90 Å². The standard InChI is InChI=1S/C9H18O2/c1-6(2)8(11)9(4,5)7(3)10/h6,8,11H,1-5H3. The van der Waals surface area contributed by atoms with Gasteiger partial charge in [-0.1, -0.05) is 27.7 Å². The lowest BCUT2D eigenvalue weighted by atomic mass is 9.78. The van der Waals surface area contributed by atoms with Crippen molar-refractivity contribution in [3.8, 4) is 0 Å². The number of carbonyl (C=O) groups excluding carboxylic acids is 1. The Morgan fingerprint density at radius 3 is 1.82 bits per heavy atom. The summed E-state index contributed by atoms with van der Waals surface area (Å²) in [5.41, 5.74) is -0.603. The second kappa shape index (κ2) is 3.35. The number of aliphatic hydroxyl groups excluding tert-OH is 1. The molecule has 0 amide bonds. The molecule has 0 aliphatic carbocycles. The van der Waals surface area contributed by atoms with Crippen molar-refractivity contribution in [1.29, 1.82) is 0 Å². The van der Waals surface area contributed by atoms with Crippen LogP contribution in [0.1, 0.15) is 34.6 Å². The van der Waals surface area contributed by atoms with E-state index in [1.165, 1.54) is 6.92 Å². The molecular formula is C9H18O2. The van der Waals surface area contributed by atoms with Crippen LogP contribution >= 0.6 is 0 Å². The number of hydrogen-bond acceptors (Lipinski definition) is 2. The first-order valence-corrected chi connectivity index (χ1v) is 3.99. The molecule has 0 fully saturated rings. The molecule has 0 aliphatic heterocycles. The van der Waals surface area contributed by atoms with Gasteiger partial charge < -0.3 is 5.11 Å². The summed E-state index contributed by atoms with van der Waals surface area (Å²) in [5.74, 6) is 0.174. The molecule has 0 aromatic rings. The van der Waals surface area contributed by atoms with Crippen molar-refractivity contribution in [3.63, 3.8) is 0 Å². The number of carbonyl (C=O) groups is 1. The number of hydrogen-bond donors (Lipinski definition) is 1. The van der Waals surface area contributed by atoms with Crippen molar-refractivity contribution in [3.05, 3.63) is 0 Å². The van der Waals surface area contributed by atoms with Crippen LogP contribution in [0.25, 0.3) is 0 Å². The van der Waals surface area contributed by atoms with Gasteiger partial charge in [-0.2, -0.15) is 0 Å². The second-order valence-corrected chi connectivity index (χ2v) is 3.97. The van der Waals surface area contributed by atoms with E-state index in [1.807, 2.05) is 13.8 Å². The van der Waals surface area contributed by atoms with Crippen LogP contribution in [0.4, 0.5) is 0 Å². The van der Waals surface area contributed by atoms with Crippen LogP contribution in [-0.4, -0.2) is 17.0 Å². The van der Waals surface area contributed by atoms with E-state index in [0.717, 1.165) is 0 Å². The maximum absolute atomic E-state index is 11.1. The van der Waals surface area contributed by atoms with Crippen LogP contribution in [0.5, 0.6) is 0 Å². The van der Waals surface area contributed by atoms with E-state index >= 15 is 0 Å². The van der Waals surface area contributed by atoms with Crippen molar-refractivity contribution >= 4 is 5.78 Å². The Hall–Kier alpha value is -0.370. The van der Waals surface area contributed by atoms with E-state index in [9.17, 15) is 9.90 Å². The number of Topliss-reactive ketones (excluding diaryl/α,β-unsaturated/α-hetero) is 1. The molecule has 0 saturated heterocycles. The van der Waals surface area contributed by atoms with Gasteiger partial charge in [-0.05, 0) is 12.8 Å². The van der Waals surface area contributed by atoms with Gasteiger partial charge in [-0.15, -0.1) is 0 Å². The third-order valence-electron chi connectivity index (χ3n) is 2.28. The van der Waals surface area contributed by atoms with Crippen LogP contribution in [0.3, 0.4) is 0 Å². The molecule has 11 heavy (non-hydrogen) atoms. The summed E-state index contributed by atoms with van der Waals surface area (Å²) in [6.07, 6.45) is -0.542. The van der Waals surface area contributed by atoms with Crippen LogP contribution in [0.2, 0.25) is 0 Å². The molecule has 0 aromatic heterocycles. The Bertz CT molecular complexity index is 148. The Kier molecular flexibility index (Phi) is 3.24. The summed E-state index contributed by atoms with van der Waals surface area (Å²) in [4.78, 5) is 11.1. The Balaban J connectivity index is 4.42. The fourth-order valence-electron chi connectivity index (χ4n) is 1.04. The SMILES string of the molecule is CC(=O)C(C)(C)C(O)C(C)C. The average molecular weight is 158 g/mol. The molecule has 1 atom stereocenters. The topological polar surface area (TPSA) is 37.3 Å². The smallest absolute Gasteiger partial charge is 0.138 e. The molecule has 1 N–H and O–H groups in total. The van der Waals surface area contributed by atoms with E-state index in [2.05, 4.69) is 0 Å². The minimum Gasteiger partial charge on any atom is -0.392 e. The molecule has 0 aliphatic rings. The monoisotopic (exact) mass is 158 g/mol. The van der Waals surface area contributed by atoms with E-state index in [4.69, 9.17) is 0 Å². The molecule has 2 heteroatoms. The fraction of sp³-hybridized carbons (Fsp3) is 0.889. The zero-order valence-corrected chi connectivity index (χ0v) is 8.01. The van der Waals surface area contributed by atoms with Crippen molar-refractivity contribution in [2.45, 2.75) is 40.7 Å². The Labute approximate surface area is 68.6 Å². The van der Waals surface area contributed by atoms with Crippen molar-refractivity contribution in [2.75, 3.05) is 0 Å². The minimum absolute atomic E-state index is 0.0405. The zero-order valence-electron chi connectivity index (χ0n) is 8.01. The van der Waals surface area contributed by atoms with Gasteiger partial charge in [0.25, 0.3) is 0 Å². The van der Waals surface area contributed by atoms with Gasteiger partial charge in [0.1, 0.15) is 5.78 Å². The third-order valence-corrected chi connectivity index (χ3v) is 2.28.